The maximum Gasteiger partial charge on any atom is 0.248 e. The number of benzene rings is 1. The van der Waals surface area contributed by atoms with Crippen molar-refractivity contribution in [2.75, 3.05) is 13.1 Å². The maximum absolute atomic E-state index is 13.6. The highest BCUT2D eigenvalue weighted by molar-refractivity contribution is 7.89. The molecule has 1 atom stereocenters. The number of nitrogens with one attached hydrogen (secondary N) is 1. The van der Waals surface area contributed by atoms with Crippen LogP contribution in [-0.2, 0) is 14.8 Å². The smallest absolute Gasteiger partial charge is 0.248 e. The minimum Gasteiger partial charge on any atom is -0.355 e. The molecule has 8 heteroatoms. The molecule has 4 rings (SSSR count). The predicted octanol–water partition coefficient (Wildman–Crippen LogP) is 4.31. The summed E-state index contributed by atoms with van der Waals surface area (Å²) in [5.41, 5.74) is 2.42. The fraction of sp³-hybridized carbons (Fsp3) is 0.520. The molecule has 1 saturated heterocycles. The zero-order chi connectivity index (χ0) is 23.4. The van der Waals surface area contributed by atoms with Gasteiger partial charge in [0.2, 0.25) is 15.9 Å². The van der Waals surface area contributed by atoms with Gasteiger partial charge in [0.25, 0.3) is 0 Å². The third kappa shape index (κ3) is 5.55. The van der Waals surface area contributed by atoms with Gasteiger partial charge in [-0.2, -0.15) is 4.31 Å². The lowest BCUT2D eigenvalue weighted by Gasteiger charge is -2.32. The highest BCUT2D eigenvalue weighted by Crippen LogP contribution is 2.29. The Hall–Kier alpha value is -2.45. The molecule has 0 radical (unpaired) electrons. The maximum atomic E-state index is 13.6. The summed E-state index contributed by atoms with van der Waals surface area (Å²) in [6.07, 6.45) is 10.3. The number of aryl methyl sites for hydroxylation is 2. The Morgan fingerprint density at radius 3 is 2.52 bits per heavy atom. The third-order valence-corrected chi connectivity index (χ3v) is 8.67. The largest absolute Gasteiger partial charge is 0.355 e. The molecule has 1 unspecified atom stereocenters. The summed E-state index contributed by atoms with van der Waals surface area (Å²) in [5.74, 6) is -0.146. The lowest BCUT2D eigenvalue weighted by molar-refractivity contribution is -0.127. The summed E-state index contributed by atoms with van der Waals surface area (Å²) >= 11 is 0. The summed E-state index contributed by atoms with van der Waals surface area (Å²) in [5, 5.41) is 7.08. The number of piperidine rings is 1. The number of nitrogens with zero attached hydrogens (tertiary/aromatic N) is 2. The number of hydrogen-bond donors (Lipinski definition) is 1. The van der Waals surface area contributed by atoms with Crippen molar-refractivity contribution in [2.45, 2.75) is 69.7 Å². The number of amides is 1. The van der Waals surface area contributed by atoms with Gasteiger partial charge in [-0.1, -0.05) is 60.3 Å². The SMILES string of the molecule is Cc1ccc(C=Cc2onc(C)c2S(=O)(=O)N2CCCC(C(=O)NC3CCCCC3)C2)cc1. The monoisotopic (exact) mass is 471 g/mol. The first kappa shape index (κ1) is 23.7. The van der Waals surface area contributed by atoms with E-state index in [1.807, 2.05) is 37.3 Å². The van der Waals surface area contributed by atoms with Crippen LogP contribution in [0.1, 0.15) is 67.5 Å². The van der Waals surface area contributed by atoms with Gasteiger partial charge in [-0.05, 0) is 51.2 Å². The van der Waals surface area contributed by atoms with Crippen molar-refractivity contribution in [3.05, 3.63) is 46.8 Å². The highest BCUT2D eigenvalue weighted by atomic mass is 32.2. The molecule has 33 heavy (non-hydrogen) atoms. The van der Waals surface area contributed by atoms with Crippen molar-refractivity contribution in [3.63, 3.8) is 0 Å². The van der Waals surface area contributed by atoms with Crippen LogP contribution in [0.2, 0.25) is 0 Å². The molecular weight excluding hydrogens is 438 g/mol. The zero-order valence-electron chi connectivity index (χ0n) is 19.4. The van der Waals surface area contributed by atoms with Crippen molar-refractivity contribution in [1.82, 2.24) is 14.8 Å². The summed E-state index contributed by atoms with van der Waals surface area (Å²) in [7, 11) is -3.84. The van der Waals surface area contributed by atoms with E-state index in [0.717, 1.165) is 36.8 Å². The standard InChI is InChI=1S/C25H33N3O4S/c1-18-10-12-20(13-11-18)14-15-23-24(19(2)27-32-23)33(30,31)28-16-6-7-21(17-28)25(29)26-22-8-4-3-5-9-22/h10-15,21-22H,3-9,16-17H2,1-2H3,(H,26,29). The Morgan fingerprint density at radius 1 is 1.06 bits per heavy atom. The normalized spacial score (nSPS) is 20.8. The number of rotatable bonds is 6. The summed E-state index contributed by atoms with van der Waals surface area (Å²) < 4.78 is 33.9. The first-order chi connectivity index (χ1) is 15.8. The van der Waals surface area contributed by atoms with Gasteiger partial charge in [-0.3, -0.25) is 4.79 Å². The van der Waals surface area contributed by atoms with Gasteiger partial charge >= 0.3 is 0 Å². The van der Waals surface area contributed by atoms with Crippen LogP contribution in [-0.4, -0.2) is 42.9 Å². The Labute approximate surface area is 196 Å². The average Bonchev–Trinajstić information content (AvgIpc) is 3.20. The molecule has 178 valence electrons. The van der Waals surface area contributed by atoms with Crippen LogP contribution >= 0.6 is 0 Å². The van der Waals surface area contributed by atoms with E-state index >= 15 is 0 Å². The van der Waals surface area contributed by atoms with Crippen LogP contribution < -0.4 is 5.32 Å². The molecule has 0 spiro atoms. The van der Waals surface area contributed by atoms with Gasteiger partial charge in [0, 0.05) is 19.1 Å². The van der Waals surface area contributed by atoms with E-state index in [1.54, 1.807) is 13.0 Å². The van der Waals surface area contributed by atoms with Gasteiger partial charge in [0.1, 0.15) is 5.69 Å². The first-order valence-corrected chi connectivity index (χ1v) is 13.3. The molecule has 1 aromatic carbocycles. The van der Waals surface area contributed by atoms with E-state index in [-0.39, 0.29) is 35.1 Å². The fourth-order valence-electron chi connectivity index (χ4n) is 4.72. The minimum atomic E-state index is -3.84. The van der Waals surface area contributed by atoms with Crippen molar-refractivity contribution in [3.8, 4) is 0 Å². The molecule has 1 aliphatic carbocycles. The van der Waals surface area contributed by atoms with Gasteiger partial charge in [0.05, 0.1) is 5.92 Å². The van der Waals surface area contributed by atoms with E-state index in [4.69, 9.17) is 4.52 Å². The van der Waals surface area contributed by atoms with Gasteiger partial charge < -0.3 is 9.84 Å². The van der Waals surface area contributed by atoms with Crippen molar-refractivity contribution < 1.29 is 17.7 Å². The Bertz CT molecular complexity index is 1100. The van der Waals surface area contributed by atoms with E-state index in [1.165, 1.54) is 10.7 Å². The second-order valence-electron chi connectivity index (χ2n) is 9.25. The van der Waals surface area contributed by atoms with E-state index in [2.05, 4.69) is 10.5 Å². The molecule has 2 heterocycles. The van der Waals surface area contributed by atoms with Gasteiger partial charge in [-0.15, -0.1) is 0 Å². The van der Waals surface area contributed by atoms with E-state index < -0.39 is 10.0 Å². The lowest BCUT2D eigenvalue weighted by Crippen LogP contribution is -2.48. The summed E-state index contributed by atoms with van der Waals surface area (Å²) in [4.78, 5) is 13.0. The molecule has 0 bridgehead atoms. The second-order valence-corrected chi connectivity index (χ2v) is 11.1. The molecule has 2 aromatic rings. The van der Waals surface area contributed by atoms with Crippen LogP contribution in [0, 0.1) is 19.8 Å². The van der Waals surface area contributed by atoms with E-state index in [0.29, 0.717) is 25.1 Å². The van der Waals surface area contributed by atoms with Crippen molar-refractivity contribution in [2.24, 2.45) is 5.92 Å². The predicted molar refractivity (Wildman–Crippen MR) is 128 cm³/mol. The number of carbonyl (C=O) groups is 1. The molecule has 2 aliphatic rings. The number of aromatic nitrogens is 1. The molecule has 1 aliphatic heterocycles. The highest BCUT2D eigenvalue weighted by Gasteiger charge is 2.37. The van der Waals surface area contributed by atoms with Crippen molar-refractivity contribution >= 4 is 28.1 Å². The van der Waals surface area contributed by atoms with Gasteiger partial charge in [-0.25, -0.2) is 8.42 Å². The number of hydrogen-bond acceptors (Lipinski definition) is 5. The van der Waals surface area contributed by atoms with Crippen LogP contribution in [0.15, 0.2) is 33.7 Å². The zero-order valence-corrected chi connectivity index (χ0v) is 20.2. The Morgan fingerprint density at radius 2 is 1.79 bits per heavy atom. The summed E-state index contributed by atoms with van der Waals surface area (Å²) in [6, 6.07) is 8.13. The topological polar surface area (TPSA) is 92.5 Å². The molecule has 2 fully saturated rings. The van der Waals surface area contributed by atoms with E-state index in [9.17, 15) is 13.2 Å². The lowest BCUT2D eigenvalue weighted by atomic mass is 9.93. The molecule has 1 N–H and O–H groups in total. The minimum absolute atomic E-state index is 0.0247. The van der Waals surface area contributed by atoms with Gasteiger partial charge in [0.15, 0.2) is 10.7 Å². The first-order valence-electron chi connectivity index (χ1n) is 11.9. The molecule has 7 nitrogen and oxygen atoms in total. The molecule has 1 saturated carbocycles. The number of sulfonamides is 1. The van der Waals surface area contributed by atoms with Crippen LogP contribution in [0.3, 0.4) is 0 Å². The van der Waals surface area contributed by atoms with Crippen LogP contribution in [0.4, 0.5) is 0 Å². The molecular formula is C25H33N3O4S. The molecule has 1 aromatic heterocycles. The Balaban J connectivity index is 1.50. The van der Waals surface area contributed by atoms with Crippen LogP contribution in [0.25, 0.3) is 12.2 Å². The second kappa shape index (κ2) is 10.2. The van der Waals surface area contributed by atoms with Crippen molar-refractivity contribution in [1.29, 1.82) is 0 Å². The number of carbonyl (C=O) groups excluding carboxylic acids is 1. The quantitative estimate of drug-likeness (QED) is 0.678. The Kier molecular flexibility index (Phi) is 7.34. The van der Waals surface area contributed by atoms with Crippen LogP contribution in [0.5, 0.6) is 0 Å². The summed E-state index contributed by atoms with van der Waals surface area (Å²) in [6.45, 7) is 4.23. The third-order valence-electron chi connectivity index (χ3n) is 6.64. The molecule has 1 amide bonds. The average molecular weight is 472 g/mol. The fourth-order valence-corrected chi connectivity index (χ4v) is 6.49.